The number of aromatic amines is 1. The van der Waals surface area contributed by atoms with Gasteiger partial charge in [-0.3, -0.25) is 5.10 Å². The molecule has 4 nitrogen and oxygen atoms in total. The normalized spacial score (nSPS) is 11.2. The third-order valence-electron chi connectivity index (χ3n) is 3.05. The van der Waals surface area contributed by atoms with E-state index < -0.39 is 0 Å². The van der Waals surface area contributed by atoms with Gasteiger partial charge < -0.3 is 4.52 Å². The highest BCUT2D eigenvalue weighted by atomic mass is 16.5. The lowest BCUT2D eigenvalue weighted by Gasteiger charge is -1.91. The second kappa shape index (κ2) is 4.64. The summed E-state index contributed by atoms with van der Waals surface area (Å²) in [4.78, 5) is 0. The number of rotatable bonds is 4. The quantitative estimate of drug-likeness (QED) is 0.759. The van der Waals surface area contributed by atoms with Crippen molar-refractivity contribution < 1.29 is 4.52 Å². The van der Waals surface area contributed by atoms with Crippen molar-refractivity contribution in [2.24, 2.45) is 0 Å². The van der Waals surface area contributed by atoms with E-state index in [1.807, 2.05) is 24.3 Å². The Balaban J connectivity index is 1.96. The molecule has 92 valence electrons. The first-order valence-electron chi connectivity index (χ1n) is 6.27. The molecule has 18 heavy (non-hydrogen) atoms. The minimum atomic E-state index is 0.797. The van der Waals surface area contributed by atoms with E-state index in [4.69, 9.17) is 4.52 Å². The van der Waals surface area contributed by atoms with Crippen molar-refractivity contribution in [1.29, 1.82) is 0 Å². The molecule has 0 saturated heterocycles. The van der Waals surface area contributed by atoms with Gasteiger partial charge in [0, 0.05) is 5.69 Å². The Bertz CT molecular complexity index is 654. The van der Waals surface area contributed by atoms with Crippen molar-refractivity contribution in [3.63, 3.8) is 0 Å². The third-order valence-corrected chi connectivity index (χ3v) is 3.05. The molecule has 0 unspecified atom stereocenters. The van der Waals surface area contributed by atoms with E-state index in [-0.39, 0.29) is 0 Å². The van der Waals surface area contributed by atoms with Crippen molar-refractivity contribution in [2.75, 3.05) is 0 Å². The molecule has 0 fully saturated rings. The van der Waals surface area contributed by atoms with Crippen molar-refractivity contribution in [2.45, 2.75) is 26.2 Å². The van der Waals surface area contributed by atoms with Crippen LogP contribution in [0.3, 0.4) is 0 Å². The predicted molar refractivity (Wildman–Crippen MR) is 70.2 cm³/mol. The minimum absolute atomic E-state index is 0.797. The van der Waals surface area contributed by atoms with Crippen LogP contribution in [-0.2, 0) is 6.42 Å². The second-order valence-corrected chi connectivity index (χ2v) is 4.41. The molecule has 0 aliphatic carbocycles. The minimum Gasteiger partial charge on any atom is -0.356 e. The lowest BCUT2D eigenvalue weighted by atomic mass is 10.1. The summed E-state index contributed by atoms with van der Waals surface area (Å²) in [7, 11) is 0. The van der Waals surface area contributed by atoms with Gasteiger partial charge in [-0.2, -0.15) is 5.10 Å². The first kappa shape index (κ1) is 11.0. The molecule has 0 atom stereocenters. The van der Waals surface area contributed by atoms with E-state index in [0.29, 0.717) is 0 Å². The van der Waals surface area contributed by atoms with Crippen molar-refractivity contribution >= 4 is 11.0 Å². The molecule has 0 radical (unpaired) electrons. The number of nitrogens with zero attached hydrogens (tertiary/aromatic N) is 2. The summed E-state index contributed by atoms with van der Waals surface area (Å²) in [6.07, 6.45) is 3.38. The summed E-state index contributed by atoms with van der Waals surface area (Å²) in [6, 6.07) is 9.89. The Morgan fingerprint density at radius 2 is 2.17 bits per heavy atom. The fraction of sp³-hybridized carbons (Fsp3) is 0.286. The molecule has 0 bridgehead atoms. The van der Waals surface area contributed by atoms with Crippen LogP contribution in [-0.4, -0.2) is 15.4 Å². The van der Waals surface area contributed by atoms with Crippen LogP contribution in [0.2, 0.25) is 0 Å². The molecule has 0 aliphatic heterocycles. The van der Waals surface area contributed by atoms with Crippen LogP contribution < -0.4 is 0 Å². The molecule has 0 amide bonds. The zero-order valence-corrected chi connectivity index (χ0v) is 10.3. The van der Waals surface area contributed by atoms with E-state index in [9.17, 15) is 0 Å². The van der Waals surface area contributed by atoms with Gasteiger partial charge in [-0.15, -0.1) is 0 Å². The Kier molecular flexibility index (Phi) is 2.84. The number of hydrogen-bond donors (Lipinski definition) is 1. The summed E-state index contributed by atoms with van der Waals surface area (Å²) < 4.78 is 5.29. The average Bonchev–Trinajstić information content (AvgIpc) is 3.02. The summed E-state index contributed by atoms with van der Waals surface area (Å²) >= 11 is 0. The van der Waals surface area contributed by atoms with Gasteiger partial charge in [0.15, 0.2) is 5.58 Å². The molecular weight excluding hydrogens is 226 g/mol. The van der Waals surface area contributed by atoms with Gasteiger partial charge in [-0.25, -0.2) is 0 Å². The number of hydrogen-bond acceptors (Lipinski definition) is 3. The molecule has 2 aromatic heterocycles. The van der Waals surface area contributed by atoms with E-state index in [1.54, 1.807) is 0 Å². The molecular formula is C14H15N3O. The molecule has 1 aromatic carbocycles. The van der Waals surface area contributed by atoms with Crippen LogP contribution in [0.15, 0.2) is 34.9 Å². The maximum absolute atomic E-state index is 5.29. The largest absolute Gasteiger partial charge is 0.356 e. The average molecular weight is 241 g/mol. The van der Waals surface area contributed by atoms with E-state index in [0.717, 1.165) is 34.5 Å². The zero-order chi connectivity index (χ0) is 12.4. The molecule has 0 aliphatic rings. The number of para-hydroxylation sites is 1. The lowest BCUT2D eigenvalue weighted by Crippen LogP contribution is -1.83. The first-order chi connectivity index (χ1) is 8.88. The number of unbranched alkanes of at least 4 members (excludes halogenated alkanes) is 1. The predicted octanol–water partition coefficient (Wildman–Crippen LogP) is 3.56. The number of fused-ring (bicyclic) bond motifs is 1. The second-order valence-electron chi connectivity index (χ2n) is 4.41. The van der Waals surface area contributed by atoms with E-state index in [2.05, 4.69) is 28.3 Å². The fourth-order valence-electron chi connectivity index (χ4n) is 2.05. The van der Waals surface area contributed by atoms with Crippen LogP contribution in [0.1, 0.15) is 25.5 Å². The van der Waals surface area contributed by atoms with Crippen LogP contribution >= 0.6 is 0 Å². The van der Waals surface area contributed by atoms with Crippen molar-refractivity contribution in [3.8, 4) is 11.4 Å². The molecule has 3 aromatic rings. The van der Waals surface area contributed by atoms with Crippen LogP contribution in [0, 0.1) is 0 Å². The summed E-state index contributed by atoms with van der Waals surface area (Å²) in [5.74, 6) is 0. The van der Waals surface area contributed by atoms with Crippen LogP contribution in [0.4, 0.5) is 0 Å². The van der Waals surface area contributed by atoms with E-state index >= 15 is 0 Å². The van der Waals surface area contributed by atoms with Gasteiger partial charge in [-0.05, 0) is 31.0 Å². The van der Waals surface area contributed by atoms with Crippen LogP contribution in [0.25, 0.3) is 22.4 Å². The molecule has 2 heterocycles. The van der Waals surface area contributed by atoms with Gasteiger partial charge >= 0.3 is 0 Å². The lowest BCUT2D eigenvalue weighted by molar-refractivity contribution is 0.459. The summed E-state index contributed by atoms with van der Waals surface area (Å²) in [5, 5.41) is 12.5. The molecule has 1 N–H and O–H groups in total. The highest BCUT2D eigenvalue weighted by Crippen LogP contribution is 2.26. The standard InChI is InChI=1S/C14H15N3O/c1-2-3-6-10-9-12(16-15-10)14-11-7-4-5-8-13(11)18-17-14/h4-5,7-9H,2-3,6H2,1H3,(H,15,16). The van der Waals surface area contributed by atoms with Crippen LogP contribution in [0.5, 0.6) is 0 Å². The molecule has 3 rings (SSSR count). The Morgan fingerprint density at radius 3 is 3.06 bits per heavy atom. The molecule has 0 spiro atoms. The van der Waals surface area contributed by atoms with Gasteiger partial charge in [-0.1, -0.05) is 30.6 Å². The van der Waals surface area contributed by atoms with Gasteiger partial charge in [0.2, 0.25) is 0 Å². The number of aryl methyl sites for hydroxylation is 1. The van der Waals surface area contributed by atoms with Gasteiger partial charge in [0.05, 0.1) is 5.39 Å². The zero-order valence-electron chi connectivity index (χ0n) is 10.3. The smallest absolute Gasteiger partial charge is 0.167 e. The number of nitrogens with one attached hydrogen (secondary N) is 1. The summed E-state index contributed by atoms with van der Waals surface area (Å²) in [6.45, 7) is 2.18. The van der Waals surface area contributed by atoms with Gasteiger partial charge in [0.1, 0.15) is 11.4 Å². The molecule has 4 heteroatoms. The first-order valence-corrected chi connectivity index (χ1v) is 6.27. The maximum atomic E-state index is 5.29. The van der Waals surface area contributed by atoms with Gasteiger partial charge in [0.25, 0.3) is 0 Å². The Morgan fingerprint density at radius 1 is 1.28 bits per heavy atom. The highest BCUT2D eigenvalue weighted by molar-refractivity contribution is 5.90. The summed E-state index contributed by atoms with van der Waals surface area (Å²) in [5.41, 5.74) is 3.61. The SMILES string of the molecule is CCCCc1cc(-c2noc3ccccc23)n[nH]1. The monoisotopic (exact) mass is 241 g/mol. The highest BCUT2D eigenvalue weighted by Gasteiger charge is 2.12. The topological polar surface area (TPSA) is 54.7 Å². The maximum Gasteiger partial charge on any atom is 0.167 e. The number of benzene rings is 1. The number of aromatic nitrogens is 3. The fourth-order valence-corrected chi connectivity index (χ4v) is 2.05. The van der Waals surface area contributed by atoms with E-state index in [1.165, 1.54) is 12.8 Å². The third kappa shape index (κ3) is 1.90. The van der Waals surface area contributed by atoms with Crippen molar-refractivity contribution in [1.82, 2.24) is 15.4 Å². The Hall–Kier alpha value is -2.10. The molecule has 0 saturated carbocycles. The number of H-pyrrole nitrogens is 1. The van der Waals surface area contributed by atoms with Crippen molar-refractivity contribution in [3.05, 3.63) is 36.0 Å². The Labute approximate surface area is 105 Å².